The Morgan fingerprint density at radius 1 is 1.17 bits per heavy atom. The molecule has 5 nitrogen and oxygen atoms in total. The summed E-state index contributed by atoms with van der Waals surface area (Å²) in [5, 5.41) is 3.74. The van der Waals surface area contributed by atoms with Crippen molar-refractivity contribution in [3.63, 3.8) is 0 Å². The summed E-state index contributed by atoms with van der Waals surface area (Å²) in [6.45, 7) is 5.39. The average molecular weight is 485 g/mol. The van der Waals surface area contributed by atoms with Gasteiger partial charge in [-0.1, -0.05) is 24.3 Å². The Labute approximate surface area is 182 Å². The van der Waals surface area contributed by atoms with Crippen molar-refractivity contribution in [2.24, 2.45) is 0 Å². The van der Waals surface area contributed by atoms with E-state index in [4.69, 9.17) is 0 Å². The maximum atomic E-state index is 13.3. The number of piperazine rings is 1. The minimum atomic E-state index is -4.54. The van der Waals surface area contributed by atoms with Crippen molar-refractivity contribution in [1.29, 1.82) is 0 Å². The van der Waals surface area contributed by atoms with E-state index in [0.29, 0.717) is 18.8 Å². The number of carbonyl (C=O) groups excluding carboxylic acids is 1. The molecule has 4 rings (SSSR count). The SMILES string of the molecule is Cc1ccccc1CN1CCN(C(=O)Cn2nc(C(F)(F)F)c(Br)c2C2CC2)CC1. The van der Waals surface area contributed by atoms with Crippen LogP contribution in [0.15, 0.2) is 28.7 Å². The molecule has 1 aliphatic carbocycles. The van der Waals surface area contributed by atoms with Gasteiger partial charge in [-0.15, -0.1) is 0 Å². The number of aryl methyl sites for hydroxylation is 1. The first-order valence-corrected chi connectivity index (χ1v) is 10.9. The van der Waals surface area contributed by atoms with E-state index in [0.717, 1.165) is 32.5 Å². The molecule has 30 heavy (non-hydrogen) atoms. The molecule has 1 saturated carbocycles. The van der Waals surface area contributed by atoms with Gasteiger partial charge in [0.1, 0.15) is 6.54 Å². The van der Waals surface area contributed by atoms with Crippen LogP contribution in [0.25, 0.3) is 0 Å². The fraction of sp³-hybridized carbons (Fsp3) is 0.524. The van der Waals surface area contributed by atoms with Crippen LogP contribution in [0.3, 0.4) is 0 Å². The zero-order valence-corrected chi connectivity index (χ0v) is 18.3. The number of halogens is 4. The number of amides is 1. The van der Waals surface area contributed by atoms with Crippen molar-refractivity contribution >= 4 is 21.8 Å². The largest absolute Gasteiger partial charge is 0.436 e. The minimum absolute atomic E-state index is 0.0200. The highest BCUT2D eigenvalue weighted by molar-refractivity contribution is 9.10. The van der Waals surface area contributed by atoms with Gasteiger partial charge in [-0.2, -0.15) is 18.3 Å². The van der Waals surface area contributed by atoms with Gasteiger partial charge < -0.3 is 4.90 Å². The quantitative estimate of drug-likeness (QED) is 0.638. The zero-order chi connectivity index (χ0) is 21.5. The summed E-state index contributed by atoms with van der Waals surface area (Å²) in [7, 11) is 0. The Morgan fingerprint density at radius 3 is 2.43 bits per heavy atom. The van der Waals surface area contributed by atoms with E-state index in [1.165, 1.54) is 15.8 Å². The molecular weight excluding hydrogens is 461 g/mol. The Hall–Kier alpha value is -1.87. The number of hydrogen-bond acceptors (Lipinski definition) is 3. The summed E-state index contributed by atoms with van der Waals surface area (Å²) in [5.74, 6) is -0.141. The van der Waals surface area contributed by atoms with Crippen LogP contribution in [0, 0.1) is 6.92 Å². The standard InChI is InChI=1S/C21H24BrF3N4O/c1-14-4-2-3-5-16(14)12-27-8-10-28(11-9-27)17(30)13-29-19(15-6-7-15)18(22)20(26-29)21(23,24)25/h2-5,15H,6-13H2,1H3. The highest BCUT2D eigenvalue weighted by Gasteiger charge is 2.42. The van der Waals surface area contributed by atoms with Gasteiger partial charge in [0, 0.05) is 38.6 Å². The lowest BCUT2D eigenvalue weighted by Gasteiger charge is -2.35. The predicted molar refractivity (Wildman–Crippen MR) is 110 cm³/mol. The molecule has 0 unspecified atom stereocenters. The first-order valence-electron chi connectivity index (χ1n) is 10.1. The van der Waals surface area contributed by atoms with Crippen LogP contribution in [0.1, 0.15) is 41.3 Å². The molecule has 2 aliphatic rings. The molecule has 2 heterocycles. The zero-order valence-electron chi connectivity index (χ0n) is 16.8. The van der Waals surface area contributed by atoms with Gasteiger partial charge in [0.15, 0.2) is 5.69 Å². The molecular formula is C21H24BrF3N4O. The van der Waals surface area contributed by atoms with Crippen LogP contribution in [-0.4, -0.2) is 51.7 Å². The highest BCUT2D eigenvalue weighted by Crippen LogP contribution is 2.47. The molecule has 9 heteroatoms. The second-order valence-corrected chi connectivity index (χ2v) is 8.85. The summed E-state index contributed by atoms with van der Waals surface area (Å²) in [4.78, 5) is 16.8. The molecule has 0 radical (unpaired) electrons. The third-order valence-corrected chi connectivity index (χ3v) is 6.61. The van der Waals surface area contributed by atoms with Crippen LogP contribution in [0.2, 0.25) is 0 Å². The molecule has 0 atom stereocenters. The molecule has 1 amide bonds. The van der Waals surface area contributed by atoms with E-state index in [1.54, 1.807) is 4.90 Å². The van der Waals surface area contributed by atoms with Crippen molar-refractivity contribution < 1.29 is 18.0 Å². The second kappa shape index (κ2) is 8.34. The van der Waals surface area contributed by atoms with Crippen LogP contribution in [0.5, 0.6) is 0 Å². The van der Waals surface area contributed by atoms with Crippen LogP contribution in [0.4, 0.5) is 13.2 Å². The lowest BCUT2D eigenvalue weighted by molar-refractivity contribution is -0.142. The maximum Gasteiger partial charge on any atom is 0.436 e. The van der Waals surface area contributed by atoms with Gasteiger partial charge in [0.25, 0.3) is 0 Å². The highest BCUT2D eigenvalue weighted by atomic mass is 79.9. The molecule has 0 N–H and O–H groups in total. The summed E-state index contributed by atoms with van der Waals surface area (Å²) >= 11 is 3.07. The van der Waals surface area contributed by atoms with E-state index in [9.17, 15) is 18.0 Å². The molecule has 1 aliphatic heterocycles. The van der Waals surface area contributed by atoms with E-state index in [1.807, 2.05) is 12.1 Å². The van der Waals surface area contributed by atoms with E-state index < -0.39 is 11.9 Å². The molecule has 162 valence electrons. The molecule has 2 aromatic rings. The predicted octanol–water partition coefficient (Wildman–Crippen LogP) is 4.19. The van der Waals surface area contributed by atoms with E-state index in [-0.39, 0.29) is 22.8 Å². The number of benzene rings is 1. The average Bonchev–Trinajstić information content (AvgIpc) is 3.47. The first kappa shape index (κ1) is 21.4. The Kier molecular flexibility index (Phi) is 5.94. The molecule has 1 aromatic carbocycles. The van der Waals surface area contributed by atoms with E-state index in [2.05, 4.69) is 45.0 Å². The number of rotatable bonds is 5. The number of nitrogens with zero attached hydrogens (tertiary/aromatic N) is 4. The van der Waals surface area contributed by atoms with Gasteiger partial charge >= 0.3 is 6.18 Å². The first-order chi connectivity index (χ1) is 14.2. The second-order valence-electron chi connectivity index (χ2n) is 8.06. The monoisotopic (exact) mass is 484 g/mol. The van der Waals surface area contributed by atoms with Crippen molar-refractivity contribution in [3.8, 4) is 0 Å². The van der Waals surface area contributed by atoms with Crippen LogP contribution < -0.4 is 0 Å². The minimum Gasteiger partial charge on any atom is -0.339 e. The lowest BCUT2D eigenvalue weighted by atomic mass is 10.1. The van der Waals surface area contributed by atoms with Crippen molar-refractivity contribution in [3.05, 3.63) is 51.3 Å². The molecule has 1 aromatic heterocycles. The Bertz CT molecular complexity index is 931. The fourth-order valence-electron chi connectivity index (χ4n) is 3.91. The van der Waals surface area contributed by atoms with Gasteiger partial charge in [-0.05, 0) is 46.8 Å². The molecule has 2 fully saturated rings. The van der Waals surface area contributed by atoms with Crippen LogP contribution in [-0.2, 0) is 24.1 Å². The van der Waals surface area contributed by atoms with Gasteiger partial charge in [0.05, 0.1) is 10.2 Å². The number of carbonyl (C=O) groups is 1. The smallest absolute Gasteiger partial charge is 0.339 e. The lowest BCUT2D eigenvalue weighted by Crippen LogP contribution is -2.49. The maximum absolute atomic E-state index is 13.3. The summed E-state index contributed by atoms with van der Waals surface area (Å²) in [6, 6.07) is 8.24. The third-order valence-electron chi connectivity index (χ3n) is 5.83. The topological polar surface area (TPSA) is 41.4 Å². The van der Waals surface area contributed by atoms with Crippen molar-refractivity contribution in [1.82, 2.24) is 19.6 Å². The fourth-order valence-corrected chi connectivity index (χ4v) is 4.75. The summed E-state index contributed by atoms with van der Waals surface area (Å²) in [5.41, 5.74) is 2.06. The summed E-state index contributed by atoms with van der Waals surface area (Å²) in [6.07, 6.45) is -2.89. The Morgan fingerprint density at radius 2 is 1.83 bits per heavy atom. The van der Waals surface area contributed by atoms with Crippen LogP contribution >= 0.6 is 15.9 Å². The number of hydrogen-bond donors (Lipinski definition) is 0. The van der Waals surface area contributed by atoms with Gasteiger partial charge in [-0.3, -0.25) is 14.4 Å². The Balaban J connectivity index is 1.39. The molecule has 1 saturated heterocycles. The molecule has 0 bridgehead atoms. The molecule has 0 spiro atoms. The van der Waals surface area contributed by atoms with Gasteiger partial charge in [0.2, 0.25) is 5.91 Å². The third kappa shape index (κ3) is 4.56. The van der Waals surface area contributed by atoms with E-state index >= 15 is 0 Å². The van der Waals surface area contributed by atoms with Crippen molar-refractivity contribution in [2.75, 3.05) is 26.2 Å². The number of alkyl halides is 3. The number of aromatic nitrogens is 2. The normalized spacial score (nSPS) is 18.1. The summed E-state index contributed by atoms with van der Waals surface area (Å²) < 4.78 is 41.0. The van der Waals surface area contributed by atoms with Gasteiger partial charge in [-0.25, -0.2) is 0 Å². The van der Waals surface area contributed by atoms with Crippen molar-refractivity contribution in [2.45, 2.75) is 44.9 Å².